The number of carbonyl (C=O) groups is 1. The monoisotopic (exact) mass is 533 g/mol. The molecule has 2 aromatic rings. The smallest absolute Gasteiger partial charge is 0.280 e. The first kappa shape index (κ1) is 25.3. The molecule has 10 nitrogen and oxygen atoms in total. The summed E-state index contributed by atoms with van der Waals surface area (Å²) in [5, 5.41) is 7.18. The van der Waals surface area contributed by atoms with Gasteiger partial charge in [0.1, 0.15) is 0 Å². The van der Waals surface area contributed by atoms with Crippen molar-refractivity contribution < 1.29 is 22.8 Å². The fraction of sp³-hybridized carbons (Fsp3) is 0.542. The van der Waals surface area contributed by atoms with Crippen LogP contribution in [0.4, 0.5) is 5.13 Å². The molecule has 1 N–H and O–H groups in total. The lowest BCUT2D eigenvalue weighted by molar-refractivity contribution is -0.110. The molecule has 3 fully saturated rings. The highest BCUT2D eigenvalue weighted by Gasteiger charge is 2.36. The van der Waals surface area contributed by atoms with Crippen molar-refractivity contribution in [1.82, 2.24) is 14.8 Å². The predicted octanol–water partition coefficient (Wildman–Crippen LogP) is 1.97. The molecule has 0 unspecified atom stereocenters. The van der Waals surface area contributed by atoms with Crippen molar-refractivity contribution in [1.29, 1.82) is 0 Å². The van der Waals surface area contributed by atoms with Crippen molar-refractivity contribution in [3.05, 3.63) is 40.9 Å². The van der Waals surface area contributed by atoms with Gasteiger partial charge in [-0.2, -0.15) is 0 Å². The molecule has 1 aromatic carbocycles. The summed E-state index contributed by atoms with van der Waals surface area (Å²) in [7, 11) is -1.19. The average Bonchev–Trinajstić information content (AvgIpc) is 3.46. The number of sulfone groups is 1. The first-order chi connectivity index (χ1) is 17.4. The number of carbonyl (C=O) groups excluding carboxylic acids is 1. The summed E-state index contributed by atoms with van der Waals surface area (Å²) < 4.78 is 30.4. The van der Waals surface area contributed by atoms with Crippen LogP contribution in [0.25, 0.3) is 0 Å². The first-order valence-corrected chi connectivity index (χ1v) is 14.6. The molecule has 1 aliphatic carbocycles. The van der Waals surface area contributed by atoms with Gasteiger partial charge in [0.25, 0.3) is 5.91 Å². The van der Waals surface area contributed by atoms with Crippen LogP contribution in [-0.4, -0.2) is 92.6 Å². The summed E-state index contributed by atoms with van der Waals surface area (Å²) in [5.74, 6) is -0.466. The van der Waals surface area contributed by atoms with Crippen molar-refractivity contribution in [2.75, 3.05) is 51.8 Å². The minimum absolute atomic E-state index is 0.0630. The molecule has 2 aliphatic heterocycles. The van der Waals surface area contributed by atoms with Crippen LogP contribution >= 0.6 is 11.3 Å². The van der Waals surface area contributed by atoms with Gasteiger partial charge in [0.05, 0.1) is 23.4 Å². The van der Waals surface area contributed by atoms with E-state index < -0.39 is 15.7 Å². The Morgan fingerprint density at radius 1 is 1.19 bits per heavy atom. The molecule has 2 saturated heterocycles. The highest BCUT2D eigenvalue weighted by atomic mass is 32.2. The summed E-state index contributed by atoms with van der Waals surface area (Å²) in [6.07, 6.45) is 3.65. The van der Waals surface area contributed by atoms with E-state index in [1.54, 1.807) is 18.3 Å². The predicted molar refractivity (Wildman–Crippen MR) is 137 cm³/mol. The molecular formula is C24H31N5O5S2. The van der Waals surface area contributed by atoms with E-state index in [1.165, 1.54) is 23.5 Å². The summed E-state index contributed by atoms with van der Waals surface area (Å²) >= 11 is 1.43. The van der Waals surface area contributed by atoms with Crippen LogP contribution in [0.1, 0.15) is 29.7 Å². The van der Waals surface area contributed by atoms with Gasteiger partial charge in [-0.3, -0.25) is 15.0 Å². The van der Waals surface area contributed by atoms with Gasteiger partial charge in [0.15, 0.2) is 26.8 Å². The van der Waals surface area contributed by atoms with Crippen molar-refractivity contribution >= 4 is 37.9 Å². The van der Waals surface area contributed by atoms with Crippen LogP contribution in [0.15, 0.2) is 40.5 Å². The number of hydrogen-bond acceptors (Lipinski definition) is 10. The van der Waals surface area contributed by atoms with E-state index in [0.717, 1.165) is 37.6 Å². The maximum absolute atomic E-state index is 13.2. The second-order valence-electron chi connectivity index (χ2n) is 9.46. The molecule has 36 heavy (non-hydrogen) atoms. The van der Waals surface area contributed by atoms with Crippen LogP contribution in [0.3, 0.4) is 0 Å². The highest BCUT2D eigenvalue weighted by molar-refractivity contribution is 7.92. The minimum Gasteiger partial charge on any atom is -0.389 e. The normalized spacial score (nSPS) is 22.0. The molecule has 3 heterocycles. The number of hydrogen-bond donors (Lipinski definition) is 1. The maximum atomic E-state index is 13.2. The van der Waals surface area contributed by atoms with Crippen molar-refractivity contribution in [2.24, 2.45) is 5.16 Å². The Morgan fingerprint density at radius 3 is 2.61 bits per heavy atom. The first-order valence-electron chi connectivity index (χ1n) is 12.2. The topological polar surface area (TPSA) is 113 Å². The second kappa shape index (κ2) is 10.9. The third-order valence-corrected chi connectivity index (χ3v) is 9.74. The number of nitrogens with one attached hydrogen (secondary N) is 1. The number of piperazine rings is 1. The fourth-order valence-electron chi connectivity index (χ4n) is 4.14. The van der Waals surface area contributed by atoms with Gasteiger partial charge in [0, 0.05) is 55.8 Å². The van der Waals surface area contributed by atoms with Crippen LogP contribution in [0, 0.1) is 0 Å². The lowest BCUT2D eigenvalue weighted by Crippen LogP contribution is -2.43. The molecule has 0 bridgehead atoms. The molecule has 1 atom stereocenters. The minimum atomic E-state index is -3.32. The van der Waals surface area contributed by atoms with E-state index in [1.807, 2.05) is 0 Å². The Kier molecular flexibility index (Phi) is 7.68. The second-order valence-corrected chi connectivity index (χ2v) is 12.8. The molecule has 3 aliphatic rings. The lowest BCUT2D eigenvalue weighted by atomic mass is 10.1. The maximum Gasteiger partial charge on any atom is 0.280 e. The quantitative estimate of drug-likeness (QED) is 0.385. The van der Waals surface area contributed by atoms with Crippen molar-refractivity contribution in [2.45, 2.75) is 42.1 Å². The number of nitrogens with zero attached hydrogens (tertiary/aromatic N) is 4. The molecule has 1 amide bonds. The summed E-state index contributed by atoms with van der Waals surface area (Å²) in [4.78, 5) is 29.2. The number of thiazole rings is 1. The number of likely N-dealkylation sites (N-methyl/N-ethyl adjacent to an activating group) is 1. The van der Waals surface area contributed by atoms with Gasteiger partial charge >= 0.3 is 0 Å². The summed E-state index contributed by atoms with van der Waals surface area (Å²) in [6.45, 7) is 5.88. The van der Waals surface area contributed by atoms with E-state index in [9.17, 15) is 13.2 Å². The molecule has 1 aromatic heterocycles. The highest BCUT2D eigenvalue weighted by Crippen LogP contribution is 2.33. The van der Waals surface area contributed by atoms with Crippen molar-refractivity contribution in [3.8, 4) is 0 Å². The molecule has 12 heteroatoms. The molecule has 1 saturated carbocycles. The van der Waals surface area contributed by atoms with Gasteiger partial charge in [0.2, 0.25) is 0 Å². The largest absolute Gasteiger partial charge is 0.389 e. The fourth-order valence-corrected chi connectivity index (χ4v) is 6.65. The van der Waals surface area contributed by atoms with Crippen LogP contribution in [-0.2, 0) is 30.8 Å². The van der Waals surface area contributed by atoms with Crippen molar-refractivity contribution in [3.63, 3.8) is 0 Å². The number of benzene rings is 1. The number of rotatable bonds is 9. The SMILES string of the molecule is CN1CCN(Cc2cnc(NC(=O)C(=NO[C@@H]3CCOC3)c3ccc(S(=O)(=O)C4CC4)cc3)s2)CC1. The Balaban J connectivity index is 1.29. The van der Waals surface area contributed by atoms with E-state index in [2.05, 4.69) is 32.3 Å². The standard InChI is InChI=1S/C24H31N5O5S2/c1-28-9-11-29(12-10-28)15-19-14-25-24(35-19)26-23(30)22(27-34-18-8-13-33-16-18)17-2-4-20(5-3-17)36(31,32)21-6-7-21/h2-5,14,18,21H,6-13,15-16H2,1H3,(H,25,26,30)/t18-/m1/s1. The Hall–Kier alpha value is -2.38. The third kappa shape index (κ3) is 6.12. The average molecular weight is 534 g/mol. The lowest BCUT2D eigenvalue weighted by Gasteiger charge is -2.31. The molecule has 194 valence electrons. The number of amides is 1. The van der Waals surface area contributed by atoms with Gasteiger partial charge in [-0.05, 0) is 32.0 Å². The zero-order valence-electron chi connectivity index (χ0n) is 20.3. The molecule has 0 spiro atoms. The van der Waals surface area contributed by atoms with Gasteiger partial charge in [-0.25, -0.2) is 13.4 Å². The Bertz CT molecular complexity index is 1200. The van der Waals surface area contributed by atoms with Crippen LogP contribution in [0.2, 0.25) is 0 Å². The molecule has 0 radical (unpaired) electrons. The Morgan fingerprint density at radius 2 is 1.94 bits per heavy atom. The van der Waals surface area contributed by atoms with Crippen LogP contribution < -0.4 is 5.32 Å². The van der Waals surface area contributed by atoms with E-state index >= 15 is 0 Å². The number of anilines is 1. The number of oxime groups is 1. The van der Waals surface area contributed by atoms with E-state index in [0.29, 0.717) is 43.2 Å². The van der Waals surface area contributed by atoms with Crippen LogP contribution in [0.5, 0.6) is 0 Å². The third-order valence-electron chi connectivity index (χ3n) is 6.56. The zero-order chi connectivity index (χ0) is 25.1. The number of ether oxygens (including phenoxy) is 1. The van der Waals surface area contributed by atoms with Gasteiger partial charge < -0.3 is 14.5 Å². The molecular weight excluding hydrogens is 502 g/mol. The summed E-state index contributed by atoms with van der Waals surface area (Å²) in [5.41, 5.74) is 0.531. The zero-order valence-corrected chi connectivity index (χ0v) is 21.9. The van der Waals surface area contributed by atoms with E-state index in [-0.39, 0.29) is 22.0 Å². The summed E-state index contributed by atoms with van der Waals surface area (Å²) in [6, 6.07) is 6.26. The van der Waals surface area contributed by atoms with E-state index in [4.69, 9.17) is 9.57 Å². The number of aromatic nitrogens is 1. The van der Waals surface area contributed by atoms with Gasteiger partial charge in [-0.1, -0.05) is 17.3 Å². The Labute approximate surface area is 215 Å². The molecule has 5 rings (SSSR count). The van der Waals surface area contributed by atoms with Gasteiger partial charge in [-0.15, -0.1) is 11.3 Å².